The van der Waals surface area contributed by atoms with E-state index >= 15 is 0 Å². The molecular formula is C20H20N4O2S. The first-order chi connectivity index (χ1) is 13.2. The van der Waals surface area contributed by atoms with Crippen molar-refractivity contribution in [3.05, 3.63) is 58.7 Å². The molecule has 0 aliphatic carbocycles. The zero-order chi connectivity index (χ0) is 18.6. The van der Waals surface area contributed by atoms with Gasteiger partial charge < -0.3 is 14.3 Å². The SMILES string of the molecule is CCc1nnc(-c2ccc3ccn(CC(=O)NCCc4cccs4)c3c2)o1. The number of nitrogens with zero attached hydrogens (tertiary/aromatic N) is 3. The Morgan fingerprint density at radius 1 is 1.26 bits per heavy atom. The van der Waals surface area contributed by atoms with Crippen molar-refractivity contribution in [1.29, 1.82) is 0 Å². The van der Waals surface area contributed by atoms with Crippen LogP contribution in [-0.2, 0) is 24.2 Å². The molecule has 0 spiro atoms. The predicted molar refractivity (Wildman–Crippen MR) is 106 cm³/mol. The smallest absolute Gasteiger partial charge is 0.247 e. The number of rotatable bonds is 7. The molecule has 0 fully saturated rings. The van der Waals surface area contributed by atoms with Crippen molar-refractivity contribution in [2.75, 3.05) is 6.54 Å². The van der Waals surface area contributed by atoms with Crippen LogP contribution in [0.3, 0.4) is 0 Å². The molecule has 3 aromatic heterocycles. The first-order valence-electron chi connectivity index (χ1n) is 8.93. The van der Waals surface area contributed by atoms with Gasteiger partial charge in [0.15, 0.2) is 0 Å². The summed E-state index contributed by atoms with van der Waals surface area (Å²) in [6.07, 6.45) is 3.49. The number of hydrogen-bond donors (Lipinski definition) is 1. The van der Waals surface area contributed by atoms with Gasteiger partial charge in [0, 0.05) is 35.1 Å². The number of aromatic nitrogens is 3. The Kier molecular flexibility index (Phi) is 5.02. The van der Waals surface area contributed by atoms with Crippen LogP contribution in [0, 0.1) is 0 Å². The lowest BCUT2D eigenvalue weighted by molar-refractivity contribution is -0.121. The van der Waals surface area contributed by atoms with Gasteiger partial charge in [-0.1, -0.05) is 19.1 Å². The fraction of sp³-hybridized carbons (Fsp3) is 0.250. The number of hydrogen-bond acceptors (Lipinski definition) is 5. The monoisotopic (exact) mass is 380 g/mol. The maximum Gasteiger partial charge on any atom is 0.247 e. The summed E-state index contributed by atoms with van der Waals surface area (Å²) in [5.41, 5.74) is 1.82. The molecule has 0 aliphatic rings. The van der Waals surface area contributed by atoms with Gasteiger partial charge in [-0.15, -0.1) is 21.5 Å². The second-order valence-corrected chi connectivity index (χ2v) is 7.28. The van der Waals surface area contributed by atoms with Crippen LogP contribution in [-0.4, -0.2) is 27.2 Å². The molecule has 0 atom stereocenters. The molecule has 3 heterocycles. The largest absolute Gasteiger partial charge is 0.421 e. The predicted octanol–water partition coefficient (Wildman–Crippen LogP) is 3.67. The van der Waals surface area contributed by atoms with Crippen LogP contribution in [0.15, 0.2) is 52.4 Å². The van der Waals surface area contributed by atoms with Gasteiger partial charge >= 0.3 is 0 Å². The molecule has 6 nitrogen and oxygen atoms in total. The third-order valence-electron chi connectivity index (χ3n) is 4.38. The van der Waals surface area contributed by atoms with Gasteiger partial charge in [-0.05, 0) is 41.5 Å². The number of amides is 1. The normalized spacial score (nSPS) is 11.1. The van der Waals surface area contributed by atoms with Crippen molar-refractivity contribution >= 4 is 28.1 Å². The second kappa shape index (κ2) is 7.75. The maximum absolute atomic E-state index is 12.3. The van der Waals surface area contributed by atoms with Crippen molar-refractivity contribution < 1.29 is 9.21 Å². The molecule has 1 amide bonds. The van der Waals surface area contributed by atoms with Crippen molar-refractivity contribution in [3.63, 3.8) is 0 Å². The molecule has 0 saturated heterocycles. The number of fused-ring (bicyclic) bond motifs is 1. The molecule has 0 saturated carbocycles. The Labute approximate surface area is 160 Å². The highest BCUT2D eigenvalue weighted by Gasteiger charge is 2.11. The first-order valence-corrected chi connectivity index (χ1v) is 9.81. The van der Waals surface area contributed by atoms with E-state index in [-0.39, 0.29) is 12.5 Å². The minimum atomic E-state index is 0.000480. The molecule has 138 valence electrons. The highest BCUT2D eigenvalue weighted by Crippen LogP contribution is 2.24. The Hall–Kier alpha value is -2.93. The first kappa shape index (κ1) is 17.5. The van der Waals surface area contributed by atoms with Gasteiger partial charge in [0.2, 0.25) is 17.7 Å². The summed E-state index contributed by atoms with van der Waals surface area (Å²) < 4.78 is 7.58. The number of thiophene rings is 1. The van der Waals surface area contributed by atoms with Crippen LogP contribution in [0.2, 0.25) is 0 Å². The van der Waals surface area contributed by atoms with Crippen molar-refractivity contribution in [3.8, 4) is 11.5 Å². The number of benzene rings is 1. The molecule has 1 N–H and O–H groups in total. The number of carbonyl (C=O) groups excluding carboxylic acids is 1. The minimum Gasteiger partial charge on any atom is -0.421 e. The topological polar surface area (TPSA) is 73.0 Å². The molecule has 0 unspecified atom stereocenters. The summed E-state index contributed by atoms with van der Waals surface area (Å²) in [5.74, 6) is 1.12. The van der Waals surface area contributed by atoms with Crippen molar-refractivity contribution in [2.24, 2.45) is 0 Å². The average molecular weight is 380 g/mol. The van der Waals surface area contributed by atoms with Crippen LogP contribution >= 0.6 is 11.3 Å². The summed E-state index contributed by atoms with van der Waals surface area (Å²) in [6.45, 7) is 2.90. The number of carbonyl (C=O) groups is 1. The molecule has 0 aliphatic heterocycles. The van der Waals surface area contributed by atoms with E-state index in [1.165, 1.54) is 4.88 Å². The fourth-order valence-corrected chi connectivity index (χ4v) is 3.67. The van der Waals surface area contributed by atoms with Gasteiger partial charge in [0.25, 0.3) is 0 Å². The van der Waals surface area contributed by atoms with Gasteiger partial charge in [-0.25, -0.2) is 0 Å². The Bertz CT molecular complexity index is 1050. The van der Waals surface area contributed by atoms with E-state index in [2.05, 4.69) is 21.6 Å². The van der Waals surface area contributed by atoms with Gasteiger partial charge in [0.05, 0.1) is 0 Å². The molecule has 7 heteroatoms. The van der Waals surface area contributed by atoms with Crippen LogP contribution in [0.25, 0.3) is 22.4 Å². The lowest BCUT2D eigenvalue weighted by Gasteiger charge is -2.07. The Morgan fingerprint density at radius 2 is 2.19 bits per heavy atom. The average Bonchev–Trinajstić information content (AvgIpc) is 3.42. The summed E-state index contributed by atoms with van der Waals surface area (Å²) in [5, 5.41) is 14.2. The van der Waals surface area contributed by atoms with Crippen molar-refractivity contribution in [1.82, 2.24) is 20.1 Å². The Morgan fingerprint density at radius 3 is 2.96 bits per heavy atom. The van der Waals surface area contributed by atoms with Gasteiger partial charge in [-0.2, -0.15) is 0 Å². The van der Waals surface area contributed by atoms with Crippen LogP contribution in [0.5, 0.6) is 0 Å². The minimum absolute atomic E-state index is 0.000480. The van der Waals surface area contributed by atoms with Crippen LogP contribution in [0.4, 0.5) is 0 Å². The summed E-state index contributed by atoms with van der Waals surface area (Å²) in [7, 11) is 0. The number of nitrogens with one attached hydrogen (secondary N) is 1. The quantitative estimate of drug-likeness (QED) is 0.531. The maximum atomic E-state index is 12.3. The molecule has 27 heavy (non-hydrogen) atoms. The van der Waals surface area contributed by atoms with Crippen molar-refractivity contribution in [2.45, 2.75) is 26.3 Å². The molecule has 4 rings (SSSR count). The Balaban J connectivity index is 1.46. The molecule has 0 radical (unpaired) electrons. The fourth-order valence-electron chi connectivity index (χ4n) is 2.96. The summed E-state index contributed by atoms with van der Waals surface area (Å²) in [4.78, 5) is 13.6. The van der Waals surface area contributed by atoms with E-state index < -0.39 is 0 Å². The highest BCUT2D eigenvalue weighted by atomic mass is 32.1. The molecular weight excluding hydrogens is 360 g/mol. The van der Waals surface area contributed by atoms with E-state index in [1.807, 2.05) is 53.4 Å². The lowest BCUT2D eigenvalue weighted by atomic mass is 10.1. The third-order valence-corrected chi connectivity index (χ3v) is 5.31. The van der Waals surface area contributed by atoms with E-state index in [4.69, 9.17) is 4.42 Å². The van der Waals surface area contributed by atoms with E-state index in [0.717, 1.165) is 22.9 Å². The van der Waals surface area contributed by atoms with Gasteiger partial charge in [-0.3, -0.25) is 4.79 Å². The second-order valence-electron chi connectivity index (χ2n) is 6.25. The summed E-state index contributed by atoms with van der Waals surface area (Å²) in [6, 6.07) is 12.1. The van der Waals surface area contributed by atoms with E-state index in [9.17, 15) is 4.79 Å². The van der Waals surface area contributed by atoms with Crippen LogP contribution < -0.4 is 5.32 Å². The molecule has 0 bridgehead atoms. The third kappa shape index (κ3) is 3.93. The molecule has 4 aromatic rings. The zero-order valence-corrected chi connectivity index (χ0v) is 15.8. The summed E-state index contributed by atoms with van der Waals surface area (Å²) >= 11 is 1.71. The van der Waals surface area contributed by atoms with E-state index in [0.29, 0.717) is 24.7 Å². The highest BCUT2D eigenvalue weighted by molar-refractivity contribution is 7.09. The standard InChI is InChI=1S/C20H20N4O2S/c1-2-19-22-23-20(26-19)15-6-5-14-8-10-24(17(14)12-15)13-18(25)21-9-7-16-4-3-11-27-16/h3-6,8,10-12H,2,7,9,13H2,1H3,(H,21,25). The van der Waals surface area contributed by atoms with Crippen LogP contribution in [0.1, 0.15) is 17.7 Å². The molecule has 1 aromatic carbocycles. The number of aryl methyl sites for hydroxylation is 1. The zero-order valence-electron chi connectivity index (χ0n) is 15.0. The van der Waals surface area contributed by atoms with E-state index in [1.54, 1.807) is 11.3 Å². The van der Waals surface area contributed by atoms with Gasteiger partial charge in [0.1, 0.15) is 6.54 Å². The lowest BCUT2D eigenvalue weighted by Crippen LogP contribution is -2.29.